The van der Waals surface area contributed by atoms with E-state index in [9.17, 15) is 14.9 Å². The van der Waals surface area contributed by atoms with Gasteiger partial charge in [-0.3, -0.25) is 14.2 Å². The molecular weight excluding hydrogens is 578 g/mol. The van der Waals surface area contributed by atoms with E-state index >= 15 is 0 Å². The molecular formula is C30H20BrN3O4S. The lowest BCUT2D eigenvalue weighted by Crippen LogP contribution is -2.32. The van der Waals surface area contributed by atoms with Crippen LogP contribution in [0.5, 0.6) is 5.75 Å². The first kappa shape index (κ1) is 26.0. The van der Waals surface area contributed by atoms with Gasteiger partial charge in [0, 0.05) is 16.1 Å². The molecule has 7 nitrogen and oxygen atoms in total. The molecule has 1 amide bonds. The molecule has 0 bridgehead atoms. The van der Waals surface area contributed by atoms with Crippen LogP contribution in [0.3, 0.4) is 0 Å². The second kappa shape index (κ2) is 11.4. The summed E-state index contributed by atoms with van der Waals surface area (Å²) in [7, 11) is 1.49. The molecule has 39 heavy (non-hydrogen) atoms. The number of halogens is 1. The predicted octanol–water partition coefficient (Wildman–Crippen LogP) is 5.07. The standard InChI is InChI=1S/C30H20BrN3O4S/c1-37-26-10-6-5-9-24(26)33-28(35)23(18-32)30-34(21-7-3-2-4-8-21)29(36)27(39-30)17-22-15-16-25(38-22)19-11-13-20(31)14-12-19/h2-17H,1H3,(H,33,35)/b27-17+,30-23-. The van der Waals surface area contributed by atoms with Gasteiger partial charge in [0.25, 0.3) is 11.5 Å². The number of nitriles is 1. The van der Waals surface area contributed by atoms with E-state index < -0.39 is 5.91 Å². The molecule has 0 aliphatic heterocycles. The first-order chi connectivity index (χ1) is 19.0. The van der Waals surface area contributed by atoms with Crippen molar-refractivity contribution in [3.63, 3.8) is 0 Å². The number of methoxy groups -OCH3 is 1. The number of amides is 1. The van der Waals surface area contributed by atoms with E-state index in [1.807, 2.05) is 42.5 Å². The fourth-order valence-corrected chi connectivity index (χ4v) is 5.27. The minimum absolute atomic E-state index is 0.201. The summed E-state index contributed by atoms with van der Waals surface area (Å²) >= 11 is 4.47. The SMILES string of the molecule is COc1ccccc1NC(=O)/C(C#N)=c1\s/c(=C/c2ccc(-c3ccc(Br)cc3)o2)c(=O)n1-c1ccccc1. The number of thiazole rings is 1. The summed E-state index contributed by atoms with van der Waals surface area (Å²) in [6, 6.07) is 29.0. The van der Waals surface area contributed by atoms with Crippen molar-refractivity contribution in [1.82, 2.24) is 4.57 Å². The summed E-state index contributed by atoms with van der Waals surface area (Å²) in [6.07, 6.45) is 1.62. The molecule has 0 unspecified atom stereocenters. The molecule has 0 saturated heterocycles. The minimum atomic E-state index is -0.657. The molecule has 0 radical (unpaired) electrons. The monoisotopic (exact) mass is 597 g/mol. The first-order valence-corrected chi connectivity index (χ1v) is 13.3. The van der Waals surface area contributed by atoms with Crippen LogP contribution >= 0.6 is 27.3 Å². The van der Waals surface area contributed by atoms with Gasteiger partial charge in [-0.2, -0.15) is 5.26 Å². The maximum atomic E-state index is 13.6. The summed E-state index contributed by atoms with van der Waals surface area (Å²) in [5, 5.41) is 12.8. The Labute approximate surface area is 235 Å². The van der Waals surface area contributed by atoms with Crippen molar-refractivity contribution >= 4 is 50.5 Å². The Kier molecular flexibility index (Phi) is 7.59. The quantitative estimate of drug-likeness (QED) is 0.295. The number of furan rings is 1. The van der Waals surface area contributed by atoms with Gasteiger partial charge >= 0.3 is 0 Å². The number of nitrogens with zero attached hydrogens (tertiary/aromatic N) is 2. The van der Waals surface area contributed by atoms with Gasteiger partial charge in [0.15, 0.2) is 5.57 Å². The summed E-state index contributed by atoms with van der Waals surface area (Å²) in [5.41, 5.74) is 1.24. The Morgan fingerprint density at radius 1 is 1.03 bits per heavy atom. The molecule has 2 aromatic heterocycles. The zero-order valence-electron chi connectivity index (χ0n) is 20.6. The van der Waals surface area contributed by atoms with E-state index in [0.29, 0.717) is 33.2 Å². The molecule has 0 aliphatic rings. The third-order valence-electron chi connectivity index (χ3n) is 5.77. The van der Waals surface area contributed by atoms with Gasteiger partial charge in [0.2, 0.25) is 0 Å². The fourth-order valence-electron chi connectivity index (χ4n) is 3.92. The number of nitrogens with one attached hydrogen (secondary N) is 1. The summed E-state index contributed by atoms with van der Waals surface area (Å²) in [5.74, 6) is 0.905. The number of carbonyl (C=O) groups excluding carboxylic acids is 1. The van der Waals surface area contributed by atoms with Crippen LogP contribution in [0, 0.1) is 11.3 Å². The highest BCUT2D eigenvalue weighted by atomic mass is 79.9. The second-order valence-corrected chi connectivity index (χ2v) is 10.2. The lowest BCUT2D eigenvalue weighted by molar-refractivity contribution is -0.111. The van der Waals surface area contributed by atoms with Crippen LogP contribution in [0.2, 0.25) is 0 Å². The molecule has 9 heteroatoms. The maximum absolute atomic E-state index is 13.6. The third-order valence-corrected chi connectivity index (χ3v) is 7.40. The van der Waals surface area contributed by atoms with Crippen molar-refractivity contribution in [3.05, 3.63) is 121 Å². The van der Waals surface area contributed by atoms with Crippen LogP contribution in [0.4, 0.5) is 5.69 Å². The van der Waals surface area contributed by atoms with Crippen LogP contribution in [-0.4, -0.2) is 17.6 Å². The number of hydrogen-bond donors (Lipinski definition) is 1. The molecule has 5 aromatic rings. The van der Waals surface area contributed by atoms with Gasteiger partial charge in [-0.05, 0) is 48.5 Å². The van der Waals surface area contributed by atoms with E-state index in [-0.39, 0.29) is 15.8 Å². The predicted molar refractivity (Wildman–Crippen MR) is 155 cm³/mol. The third kappa shape index (κ3) is 5.48. The van der Waals surface area contributed by atoms with Crippen LogP contribution < -0.4 is 24.8 Å². The van der Waals surface area contributed by atoms with E-state index in [4.69, 9.17) is 9.15 Å². The van der Waals surface area contributed by atoms with E-state index in [1.54, 1.807) is 60.7 Å². The van der Waals surface area contributed by atoms with Crippen molar-refractivity contribution in [2.45, 2.75) is 0 Å². The number of hydrogen-bond acceptors (Lipinski definition) is 6. The van der Waals surface area contributed by atoms with Crippen molar-refractivity contribution in [3.8, 4) is 28.8 Å². The molecule has 0 saturated carbocycles. The minimum Gasteiger partial charge on any atom is -0.495 e. The van der Waals surface area contributed by atoms with Crippen molar-refractivity contribution < 1.29 is 13.9 Å². The summed E-state index contributed by atoms with van der Waals surface area (Å²) in [4.78, 5) is 26.9. The van der Waals surface area contributed by atoms with Crippen LogP contribution in [0.15, 0.2) is 105 Å². The number of ether oxygens (including phenoxy) is 1. The number of rotatable bonds is 6. The van der Waals surface area contributed by atoms with Crippen LogP contribution in [0.1, 0.15) is 5.76 Å². The zero-order valence-corrected chi connectivity index (χ0v) is 23.0. The van der Waals surface area contributed by atoms with E-state index in [1.165, 1.54) is 11.7 Å². The Hall–Kier alpha value is -4.65. The highest BCUT2D eigenvalue weighted by Crippen LogP contribution is 2.25. The highest BCUT2D eigenvalue weighted by molar-refractivity contribution is 9.10. The first-order valence-electron chi connectivity index (χ1n) is 11.7. The number of anilines is 1. The van der Waals surface area contributed by atoms with Crippen LogP contribution in [-0.2, 0) is 4.79 Å². The fraction of sp³-hybridized carbons (Fsp3) is 0.0333. The average molecular weight is 598 g/mol. The molecule has 0 aliphatic carbocycles. The smallest absolute Gasteiger partial charge is 0.273 e. The number of aromatic nitrogens is 1. The van der Waals surface area contributed by atoms with Crippen LogP contribution in [0.25, 0.3) is 28.7 Å². The van der Waals surface area contributed by atoms with Crippen molar-refractivity contribution in [2.75, 3.05) is 12.4 Å². The largest absolute Gasteiger partial charge is 0.495 e. The number of carbonyl (C=O) groups is 1. The molecule has 2 heterocycles. The normalized spacial score (nSPS) is 12.1. The van der Waals surface area contributed by atoms with Gasteiger partial charge in [0.05, 0.1) is 23.0 Å². The van der Waals surface area contributed by atoms with Gasteiger partial charge in [-0.25, -0.2) is 0 Å². The topological polar surface area (TPSA) is 97.3 Å². The maximum Gasteiger partial charge on any atom is 0.273 e. The summed E-state index contributed by atoms with van der Waals surface area (Å²) in [6.45, 7) is 0. The summed E-state index contributed by atoms with van der Waals surface area (Å²) < 4.78 is 14.1. The number of benzene rings is 3. The molecule has 0 fully saturated rings. The lowest BCUT2D eigenvalue weighted by Gasteiger charge is -2.09. The molecule has 1 N–H and O–H groups in total. The molecule has 192 valence electrons. The molecule has 3 aromatic carbocycles. The van der Waals surface area contributed by atoms with Gasteiger partial charge in [-0.15, -0.1) is 11.3 Å². The van der Waals surface area contributed by atoms with Gasteiger partial charge in [-0.1, -0.05) is 58.4 Å². The zero-order chi connectivity index (χ0) is 27.4. The Balaban J connectivity index is 1.65. The van der Waals surface area contributed by atoms with Gasteiger partial charge in [0.1, 0.15) is 28.0 Å². The second-order valence-electron chi connectivity index (χ2n) is 8.24. The Morgan fingerprint density at radius 3 is 2.46 bits per heavy atom. The Bertz CT molecular complexity index is 1880. The molecule has 0 atom stereocenters. The lowest BCUT2D eigenvalue weighted by atomic mass is 10.2. The number of para-hydroxylation sites is 3. The Morgan fingerprint density at radius 2 is 1.74 bits per heavy atom. The highest BCUT2D eigenvalue weighted by Gasteiger charge is 2.18. The molecule has 5 rings (SSSR count). The van der Waals surface area contributed by atoms with E-state index in [2.05, 4.69) is 21.2 Å². The van der Waals surface area contributed by atoms with Gasteiger partial charge < -0.3 is 14.5 Å². The average Bonchev–Trinajstić information content (AvgIpc) is 3.55. The molecule has 0 spiro atoms. The van der Waals surface area contributed by atoms with Crippen molar-refractivity contribution in [1.29, 1.82) is 5.26 Å². The van der Waals surface area contributed by atoms with E-state index in [0.717, 1.165) is 21.4 Å². The van der Waals surface area contributed by atoms with Crippen molar-refractivity contribution in [2.24, 2.45) is 0 Å².